The first-order chi connectivity index (χ1) is 5.41. The van der Waals surface area contributed by atoms with E-state index in [9.17, 15) is 9.36 Å². The van der Waals surface area contributed by atoms with Crippen molar-refractivity contribution < 1.29 is 9.36 Å². The van der Waals surface area contributed by atoms with Gasteiger partial charge < -0.3 is 4.57 Å². The van der Waals surface area contributed by atoms with Crippen LogP contribution in [0.4, 0.5) is 0 Å². The van der Waals surface area contributed by atoms with Crippen molar-refractivity contribution in [1.82, 2.24) is 0 Å². The third-order valence-electron chi connectivity index (χ3n) is 1.47. The standard InChI is InChI=1S/C8H11O2PS/c1-6(9)7-4-5-8(12-7)11(2,3)10/h4-5H,1-3H3. The molecule has 0 unspecified atom stereocenters. The number of carbonyl (C=O) groups excluding carboxylic acids is 1. The Morgan fingerprint density at radius 3 is 2.25 bits per heavy atom. The first-order valence-corrected chi connectivity index (χ1v) is 6.99. The third kappa shape index (κ3) is 2.05. The molecule has 0 aliphatic heterocycles. The first kappa shape index (κ1) is 9.69. The fraction of sp³-hybridized carbons (Fsp3) is 0.375. The van der Waals surface area contributed by atoms with Gasteiger partial charge in [0.2, 0.25) is 0 Å². The van der Waals surface area contributed by atoms with Gasteiger partial charge in [-0.2, -0.15) is 0 Å². The monoisotopic (exact) mass is 202 g/mol. The van der Waals surface area contributed by atoms with Crippen LogP contribution in [0.2, 0.25) is 0 Å². The van der Waals surface area contributed by atoms with E-state index in [4.69, 9.17) is 0 Å². The van der Waals surface area contributed by atoms with Crippen LogP contribution in [-0.2, 0) is 4.57 Å². The molecule has 1 heterocycles. The molecule has 0 saturated heterocycles. The summed E-state index contributed by atoms with van der Waals surface area (Å²) < 4.78 is 12.4. The molecule has 1 aromatic heterocycles. The van der Waals surface area contributed by atoms with Crippen LogP contribution in [0.1, 0.15) is 16.6 Å². The molecule has 0 N–H and O–H groups in total. The van der Waals surface area contributed by atoms with E-state index in [1.54, 1.807) is 25.5 Å². The Morgan fingerprint density at radius 1 is 1.42 bits per heavy atom. The van der Waals surface area contributed by atoms with Gasteiger partial charge in [0.25, 0.3) is 0 Å². The topological polar surface area (TPSA) is 34.1 Å². The molecule has 0 aliphatic rings. The summed E-state index contributed by atoms with van der Waals surface area (Å²) in [6.45, 7) is 4.94. The number of thiophene rings is 1. The molecule has 0 saturated carbocycles. The van der Waals surface area contributed by atoms with Crippen LogP contribution in [0.15, 0.2) is 12.1 Å². The van der Waals surface area contributed by atoms with Crippen molar-refractivity contribution >= 4 is 28.9 Å². The Hall–Kier alpha value is -0.400. The Balaban J connectivity index is 3.08. The van der Waals surface area contributed by atoms with E-state index in [1.165, 1.54) is 18.3 Å². The minimum atomic E-state index is -2.17. The number of hydrogen-bond donors (Lipinski definition) is 0. The van der Waals surface area contributed by atoms with Crippen molar-refractivity contribution in [3.63, 3.8) is 0 Å². The fourth-order valence-corrected chi connectivity index (χ4v) is 3.06. The number of carbonyl (C=O) groups is 1. The van der Waals surface area contributed by atoms with Crippen LogP contribution in [0.5, 0.6) is 0 Å². The quantitative estimate of drug-likeness (QED) is 0.544. The molecule has 66 valence electrons. The maximum Gasteiger partial charge on any atom is 0.169 e. The van der Waals surface area contributed by atoms with Gasteiger partial charge in [0, 0.05) is 0 Å². The normalized spacial score (nSPS) is 11.6. The molecule has 0 bridgehead atoms. The average molecular weight is 202 g/mol. The van der Waals surface area contributed by atoms with E-state index < -0.39 is 7.14 Å². The van der Waals surface area contributed by atoms with Gasteiger partial charge in [-0.15, -0.1) is 11.3 Å². The lowest BCUT2D eigenvalue weighted by Crippen LogP contribution is -1.94. The smallest absolute Gasteiger partial charge is 0.169 e. The zero-order chi connectivity index (χ0) is 9.35. The van der Waals surface area contributed by atoms with E-state index >= 15 is 0 Å². The van der Waals surface area contributed by atoms with Crippen molar-refractivity contribution in [3.8, 4) is 0 Å². The zero-order valence-corrected chi connectivity index (χ0v) is 9.04. The molecule has 0 aromatic carbocycles. The van der Waals surface area contributed by atoms with E-state index in [1.807, 2.05) is 0 Å². The zero-order valence-electron chi connectivity index (χ0n) is 7.33. The SMILES string of the molecule is CC(=O)c1ccc(P(C)(C)=O)s1. The fourth-order valence-electron chi connectivity index (χ4n) is 0.806. The van der Waals surface area contributed by atoms with Gasteiger partial charge in [-0.25, -0.2) is 0 Å². The molecular formula is C8H11O2PS. The molecule has 0 spiro atoms. The average Bonchev–Trinajstić information content (AvgIpc) is 2.30. The second-order valence-corrected chi connectivity index (χ2v) is 7.61. The van der Waals surface area contributed by atoms with Crippen LogP contribution >= 0.6 is 18.5 Å². The summed E-state index contributed by atoms with van der Waals surface area (Å²) in [5.41, 5.74) is 0. The second-order valence-electron chi connectivity index (χ2n) is 3.04. The lowest BCUT2D eigenvalue weighted by molar-refractivity contribution is 0.102. The van der Waals surface area contributed by atoms with Crippen LogP contribution in [0.3, 0.4) is 0 Å². The van der Waals surface area contributed by atoms with Crippen molar-refractivity contribution in [1.29, 1.82) is 0 Å². The van der Waals surface area contributed by atoms with Crippen LogP contribution in [-0.4, -0.2) is 19.1 Å². The summed E-state index contributed by atoms with van der Waals surface area (Å²) in [4.78, 5) is 11.6. The van der Waals surface area contributed by atoms with E-state index in [2.05, 4.69) is 0 Å². The van der Waals surface area contributed by atoms with Gasteiger partial charge in [0.15, 0.2) is 5.78 Å². The van der Waals surface area contributed by atoms with Gasteiger partial charge in [-0.3, -0.25) is 4.79 Å². The highest BCUT2D eigenvalue weighted by molar-refractivity contribution is 7.75. The third-order valence-corrected chi connectivity index (χ3v) is 5.26. The number of ketones is 1. The molecule has 1 aromatic rings. The summed E-state index contributed by atoms with van der Waals surface area (Å²) in [5, 5.41) is 0. The Morgan fingerprint density at radius 2 is 2.00 bits per heavy atom. The van der Waals surface area contributed by atoms with E-state index in [0.717, 1.165) is 4.62 Å². The predicted octanol–water partition coefficient (Wildman–Crippen LogP) is 2.20. The summed E-state index contributed by atoms with van der Waals surface area (Å²) in [7, 11) is -2.17. The minimum Gasteiger partial charge on any atom is -0.318 e. The Kier molecular flexibility index (Phi) is 2.55. The number of rotatable bonds is 2. The summed E-state index contributed by atoms with van der Waals surface area (Å²) in [6, 6.07) is 3.52. The molecule has 1 rings (SSSR count). The van der Waals surface area contributed by atoms with Crippen molar-refractivity contribution in [2.75, 3.05) is 13.3 Å². The van der Waals surface area contributed by atoms with Gasteiger partial charge in [-0.05, 0) is 32.4 Å². The van der Waals surface area contributed by atoms with Crippen LogP contribution in [0.25, 0.3) is 0 Å². The summed E-state index contributed by atoms with van der Waals surface area (Å²) in [5.74, 6) is 0.0414. The first-order valence-electron chi connectivity index (χ1n) is 3.57. The molecule has 0 aliphatic carbocycles. The maximum absolute atomic E-state index is 11.6. The predicted molar refractivity (Wildman–Crippen MR) is 53.4 cm³/mol. The molecular weight excluding hydrogens is 191 g/mol. The molecule has 0 fully saturated rings. The molecule has 0 atom stereocenters. The Labute approximate surface area is 76.0 Å². The molecule has 4 heteroatoms. The minimum absolute atomic E-state index is 0.0414. The highest BCUT2D eigenvalue weighted by Crippen LogP contribution is 2.37. The molecule has 12 heavy (non-hydrogen) atoms. The highest BCUT2D eigenvalue weighted by Gasteiger charge is 2.14. The van der Waals surface area contributed by atoms with Crippen LogP contribution in [0, 0.1) is 0 Å². The van der Waals surface area contributed by atoms with Crippen molar-refractivity contribution in [2.45, 2.75) is 6.92 Å². The Bertz CT molecular complexity index is 348. The van der Waals surface area contributed by atoms with Crippen molar-refractivity contribution in [3.05, 3.63) is 17.0 Å². The number of Topliss-reactive ketones (excluding diaryl/α,β-unsaturated/α-hetero) is 1. The summed E-state index contributed by atoms with van der Waals surface area (Å²) >= 11 is 1.34. The second kappa shape index (κ2) is 3.15. The lowest BCUT2D eigenvalue weighted by Gasteiger charge is -2.00. The van der Waals surface area contributed by atoms with Gasteiger partial charge in [-0.1, -0.05) is 0 Å². The van der Waals surface area contributed by atoms with Gasteiger partial charge >= 0.3 is 0 Å². The largest absolute Gasteiger partial charge is 0.318 e. The summed E-state index contributed by atoms with van der Waals surface area (Å²) in [6.07, 6.45) is 0. The van der Waals surface area contributed by atoms with Gasteiger partial charge in [0.05, 0.1) is 9.50 Å². The number of hydrogen-bond acceptors (Lipinski definition) is 3. The van der Waals surface area contributed by atoms with E-state index in [0.29, 0.717) is 4.88 Å². The molecule has 2 nitrogen and oxygen atoms in total. The van der Waals surface area contributed by atoms with Crippen LogP contribution < -0.4 is 4.62 Å². The van der Waals surface area contributed by atoms with E-state index in [-0.39, 0.29) is 5.78 Å². The van der Waals surface area contributed by atoms with Gasteiger partial charge in [0.1, 0.15) is 7.14 Å². The highest BCUT2D eigenvalue weighted by atomic mass is 32.1. The molecule has 0 amide bonds. The molecule has 0 radical (unpaired) electrons. The van der Waals surface area contributed by atoms with Crippen molar-refractivity contribution in [2.24, 2.45) is 0 Å². The maximum atomic E-state index is 11.6. The lowest BCUT2D eigenvalue weighted by atomic mass is 10.4.